The molecule has 2 N–H and O–H groups in total. The standard InChI is InChI=1S/C25H38ClFN4O5/c1-3-31(25(33)34-2)36-23(20-13-21(26)15-22(27)14-20)19-9-5-10-29(16-19)24(32)30(28)11-4-7-18-8-6-12-35-17-18/h13-15,18-19,23H,3-12,16-17,28H2,1-2H3/t18?,19?,23-/m1/s1. The van der Waals surface area contributed by atoms with E-state index in [1.807, 2.05) is 0 Å². The van der Waals surface area contributed by atoms with E-state index in [1.54, 1.807) is 17.9 Å². The van der Waals surface area contributed by atoms with Gasteiger partial charge in [-0.15, -0.1) is 0 Å². The van der Waals surface area contributed by atoms with Gasteiger partial charge in [-0.1, -0.05) is 11.6 Å². The van der Waals surface area contributed by atoms with Gasteiger partial charge >= 0.3 is 12.1 Å². The van der Waals surface area contributed by atoms with E-state index in [0.717, 1.165) is 50.4 Å². The highest BCUT2D eigenvalue weighted by atomic mass is 35.5. The predicted octanol–water partition coefficient (Wildman–Crippen LogP) is 4.75. The fraction of sp³-hybridized carbons (Fsp3) is 0.680. The van der Waals surface area contributed by atoms with Crippen LogP contribution in [0.5, 0.6) is 0 Å². The number of piperidine rings is 1. The molecule has 0 radical (unpaired) electrons. The number of nitrogens with two attached hydrogens (primary N) is 1. The van der Waals surface area contributed by atoms with Crippen molar-refractivity contribution in [2.24, 2.45) is 17.7 Å². The zero-order valence-corrected chi connectivity index (χ0v) is 21.9. The van der Waals surface area contributed by atoms with Crippen LogP contribution >= 0.6 is 11.6 Å². The number of carbonyl (C=O) groups excluding carboxylic acids is 2. The van der Waals surface area contributed by atoms with Crippen LogP contribution in [0.4, 0.5) is 14.0 Å². The number of amides is 3. The van der Waals surface area contributed by atoms with Crippen LogP contribution in [0.25, 0.3) is 0 Å². The largest absolute Gasteiger partial charge is 0.451 e. The molecule has 0 saturated carbocycles. The number of likely N-dealkylation sites (tertiary alicyclic amines) is 1. The lowest BCUT2D eigenvalue weighted by Crippen LogP contribution is -2.51. The summed E-state index contributed by atoms with van der Waals surface area (Å²) >= 11 is 6.12. The lowest BCUT2D eigenvalue weighted by Gasteiger charge is -2.39. The summed E-state index contributed by atoms with van der Waals surface area (Å²) in [5.41, 5.74) is 0.487. The highest BCUT2D eigenvalue weighted by molar-refractivity contribution is 6.30. The van der Waals surface area contributed by atoms with Gasteiger partial charge in [0.15, 0.2) is 0 Å². The fourth-order valence-electron chi connectivity index (χ4n) is 4.94. The number of hydrazine groups is 1. The van der Waals surface area contributed by atoms with Gasteiger partial charge in [-0.05, 0) is 75.1 Å². The number of methoxy groups -OCH3 is 1. The number of halogens is 2. The maximum atomic E-state index is 14.2. The molecule has 2 fully saturated rings. The van der Waals surface area contributed by atoms with Gasteiger partial charge in [0, 0.05) is 50.3 Å². The Kier molecular flexibility index (Phi) is 11.0. The second-order valence-corrected chi connectivity index (χ2v) is 9.88. The molecule has 0 spiro atoms. The maximum absolute atomic E-state index is 14.2. The molecule has 2 heterocycles. The first-order chi connectivity index (χ1) is 17.3. The number of hydroxylamine groups is 2. The third-order valence-corrected chi connectivity index (χ3v) is 7.01. The molecule has 0 aliphatic carbocycles. The number of nitrogens with zero attached hydrogens (tertiary/aromatic N) is 3. The molecular formula is C25H38ClFN4O5. The molecule has 3 atom stereocenters. The fourth-order valence-corrected chi connectivity index (χ4v) is 5.17. The average molecular weight is 529 g/mol. The van der Waals surface area contributed by atoms with Crippen molar-refractivity contribution in [1.29, 1.82) is 0 Å². The van der Waals surface area contributed by atoms with E-state index in [0.29, 0.717) is 37.5 Å². The first-order valence-electron chi connectivity index (χ1n) is 12.7. The summed E-state index contributed by atoms with van der Waals surface area (Å²) in [5, 5.41) is 2.59. The molecular weight excluding hydrogens is 491 g/mol. The van der Waals surface area contributed by atoms with Crippen LogP contribution < -0.4 is 5.84 Å². The van der Waals surface area contributed by atoms with E-state index in [9.17, 15) is 14.0 Å². The molecule has 3 amide bonds. The summed E-state index contributed by atoms with van der Waals surface area (Å²) < 4.78 is 24.6. The van der Waals surface area contributed by atoms with Gasteiger partial charge in [0.1, 0.15) is 11.9 Å². The quantitative estimate of drug-likeness (QED) is 0.282. The van der Waals surface area contributed by atoms with Crippen molar-refractivity contribution in [2.45, 2.75) is 51.6 Å². The molecule has 0 aromatic heterocycles. The Morgan fingerprint density at radius 1 is 1.31 bits per heavy atom. The molecule has 0 bridgehead atoms. The maximum Gasteiger partial charge on any atom is 0.433 e. The smallest absolute Gasteiger partial charge is 0.433 e. The van der Waals surface area contributed by atoms with Crippen molar-refractivity contribution < 1.29 is 28.3 Å². The van der Waals surface area contributed by atoms with E-state index in [-0.39, 0.29) is 23.5 Å². The minimum atomic E-state index is -0.717. The Labute approximate surface area is 217 Å². The Morgan fingerprint density at radius 2 is 2.11 bits per heavy atom. The third-order valence-electron chi connectivity index (χ3n) is 6.79. The van der Waals surface area contributed by atoms with Crippen LogP contribution in [0.2, 0.25) is 5.02 Å². The van der Waals surface area contributed by atoms with Crippen molar-refractivity contribution >= 4 is 23.7 Å². The molecule has 1 aromatic rings. The predicted molar refractivity (Wildman–Crippen MR) is 133 cm³/mol. The number of rotatable bonds is 9. The minimum absolute atomic E-state index is 0.216. The normalized spacial score (nSPS) is 21.1. The summed E-state index contributed by atoms with van der Waals surface area (Å²) in [5.74, 6) is 5.94. The highest BCUT2D eigenvalue weighted by Crippen LogP contribution is 2.35. The van der Waals surface area contributed by atoms with Gasteiger partial charge in [0.2, 0.25) is 0 Å². The van der Waals surface area contributed by atoms with Crippen LogP contribution in [0.3, 0.4) is 0 Å². The number of urea groups is 1. The molecule has 2 aliphatic heterocycles. The molecule has 202 valence electrons. The number of hydrogen-bond acceptors (Lipinski definition) is 6. The van der Waals surface area contributed by atoms with Crippen molar-refractivity contribution in [3.8, 4) is 0 Å². The number of ether oxygens (including phenoxy) is 2. The molecule has 11 heteroatoms. The van der Waals surface area contributed by atoms with Gasteiger partial charge in [0.05, 0.1) is 7.11 Å². The van der Waals surface area contributed by atoms with Crippen molar-refractivity contribution in [3.63, 3.8) is 0 Å². The number of carbonyl (C=O) groups is 2. The van der Waals surface area contributed by atoms with Crippen molar-refractivity contribution in [1.82, 2.24) is 15.0 Å². The van der Waals surface area contributed by atoms with Gasteiger partial charge in [-0.3, -0.25) is 9.85 Å². The first kappa shape index (κ1) is 28.4. The van der Waals surface area contributed by atoms with Crippen molar-refractivity contribution in [3.05, 3.63) is 34.6 Å². The number of benzene rings is 1. The van der Waals surface area contributed by atoms with Gasteiger partial charge in [-0.25, -0.2) is 19.8 Å². The lowest BCUT2D eigenvalue weighted by atomic mass is 9.88. The van der Waals surface area contributed by atoms with E-state index in [4.69, 9.17) is 31.8 Å². The van der Waals surface area contributed by atoms with E-state index in [2.05, 4.69) is 0 Å². The van der Waals surface area contributed by atoms with Gasteiger partial charge < -0.3 is 14.4 Å². The van der Waals surface area contributed by atoms with Gasteiger partial charge in [-0.2, -0.15) is 5.06 Å². The molecule has 2 saturated heterocycles. The first-order valence-corrected chi connectivity index (χ1v) is 13.1. The van der Waals surface area contributed by atoms with Crippen LogP contribution in [0.1, 0.15) is 57.1 Å². The Hall–Kier alpha value is -2.14. The molecule has 3 rings (SSSR count). The summed E-state index contributed by atoms with van der Waals surface area (Å²) in [4.78, 5) is 33.1. The molecule has 9 nitrogen and oxygen atoms in total. The van der Waals surface area contributed by atoms with E-state index >= 15 is 0 Å². The summed E-state index contributed by atoms with van der Waals surface area (Å²) in [6, 6.07) is 3.91. The van der Waals surface area contributed by atoms with E-state index in [1.165, 1.54) is 24.3 Å². The van der Waals surface area contributed by atoms with Crippen LogP contribution in [0.15, 0.2) is 18.2 Å². The minimum Gasteiger partial charge on any atom is -0.451 e. The molecule has 2 unspecified atom stereocenters. The molecule has 2 aliphatic rings. The zero-order chi connectivity index (χ0) is 26.1. The topological polar surface area (TPSA) is 97.6 Å². The monoisotopic (exact) mass is 528 g/mol. The van der Waals surface area contributed by atoms with Crippen LogP contribution in [-0.2, 0) is 14.3 Å². The SMILES string of the molecule is CCN(O[C@@H](c1cc(F)cc(Cl)c1)C1CCCN(C(=O)N(N)CCCC2CCCOC2)C1)C(=O)OC. The average Bonchev–Trinajstić information content (AvgIpc) is 2.88. The highest BCUT2D eigenvalue weighted by Gasteiger charge is 2.35. The zero-order valence-electron chi connectivity index (χ0n) is 21.2. The Bertz CT molecular complexity index is 853. The summed E-state index contributed by atoms with van der Waals surface area (Å²) in [6.45, 7) is 4.95. The summed E-state index contributed by atoms with van der Waals surface area (Å²) in [7, 11) is 1.26. The third kappa shape index (κ3) is 7.93. The molecule has 1 aromatic carbocycles. The van der Waals surface area contributed by atoms with Crippen LogP contribution in [-0.4, -0.2) is 73.6 Å². The Morgan fingerprint density at radius 3 is 2.78 bits per heavy atom. The molecule has 36 heavy (non-hydrogen) atoms. The van der Waals surface area contributed by atoms with Crippen LogP contribution in [0, 0.1) is 17.7 Å². The second-order valence-electron chi connectivity index (χ2n) is 9.44. The number of hydrogen-bond donors (Lipinski definition) is 1. The Balaban J connectivity index is 1.67. The second kappa shape index (κ2) is 14.0. The van der Waals surface area contributed by atoms with Gasteiger partial charge in [0.25, 0.3) is 0 Å². The lowest BCUT2D eigenvalue weighted by molar-refractivity contribution is -0.193. The summed E-state index contributed by atoms with van der Waals surface area (Å²) in [6.07, 6.45) is 4.07. The van der Waals surface area contributed by atoms with Crippen molar-refractivity contribution in [2.75, 3.05) is 46.5 Å². The van der Waals surface area contributed by atoms with E-state index < -0.39 is 18.0 Å².